The molecule has 1 aliphatic heterocycles. The molecule has 6 heteroatoms. The van der Waals surface area contributed by atoms with Gasteiger partial charge in [0.05, 0.1) is 7.11 Å². The number of anilines is 2. The van der Waals surface area contributed by atoms with Crippen molar-refractivity contribution in [2.75, 3.05) is 43.5 Å². The van der Waals surface area contributed by atoms with Gasteiger partial charge >= 0.3 is 11.8 Å². The molecule has 6 nitrogen and oxygen atoms in total. The van der Waals surface area contributed by atoms with E-state index in [-0.39, 0.29) is 0 Å². The van der Waals surface area contributed by atoms with Gasteiger partial charge in [-0.25, -0.2) is 0 Å². The molecule has 2 aromatic rings. The van der Waals surface area contributed by atoms with Gasteiger partial charge in [0.15, 0.2) is 0 Å². The summed E-state index contributed by atoms with van der Waals surface area (Å²) in [6.07, 6.45) is 0. The number of carbonyl (C=O) groups excluding carboxylic acids is 2. The van der Waals surface area contributed by atoms with Gasteiger partial charge in [-0.3, -0.25) is 9.59 Å². The lowest BCUT2D eigenvalue weighted by Gasteiger charge is -2.35. The van der Waals surface area contributed by atoms with Crippen molar-refractivity contribution in [1.82, 2.24) is 4.90 Å². The van der Waals surface area contributed by atoms with E-state index < -0.39 is 11.8 Å². The minimum Gasteiger partial charge on any atom is -0.497 e. The molecule has 26 heavy (non-hydrogen) atoms. The Labute approximate surface area is 153 Å². The van der Waals surface area contributed by atoms with Crippen LogP contribution in [0.4, 0.5) is 11.4 Å². The Balaban J connectivity index is 1.54. The van der Waals surface area contributed by atoms with E-state index in [0.717, 1.165) is 17.0 Å². The van der Waals surface area contributed by atoms with Crippen molar-refractivity contribution in [2.45, 2.75) is 6.92 Å². The maximum absolute atomic E-state index is 12.4. The third-order valence-electron chi connectivity index (χ3n) is 4.51. The summed E-state index contributed by atoms with van der Waals surface area (Å²) in [4.78, 5) is 28.4. The first-order valence-electron chi connectivity index (χ1n) is 8.63. The third-order valence-corrected chi connectivity index (χ3v) is 4.51. The zero-order chi connectivity index (χ0) is 18.5. The number of rotatable bonds is 3. The van der Waals surface area contributed by atoms with Crippen LogP contribution in [0.5, 0.6) is 5.75 Å². The van der Waals surface area contributed by atoms with Crippen molar-refractivity contribution in [3.63, 3.8) is 0 Å². The monoisotopic (exact) mass is 353 g/mol. The number of nitrogens with zero attached hydrogens (tertiary/aromatic N) is 2. The van der Waals surface area contributed by atoms with Gasteiger partial charge in [0.2, 0.25) is 0 Å². The van der Waals surface area contributed by atoms with Crippen LogP contribution in [-0.4, -0.2) is 50.0 Å². The quantitative estimate of drug-likeness (QED) is 0.860. The normalized spacial score (nSPS) is 14.1. The second-order valence-corrected chi connectivity index (χ2v) is 6.30. The van der Waals surface area contributed by atoms with Crippen LogP contribution in [0.25, 0.3) is 0 Å². The highest BCUT2D eigenvalue weighted by molar-refractivity contribution is 6.39. The Bertz CT molecular complexity index is 764. The van der Waals surface area contributed by atoms with Crippen LogP contribution < -0.4 is 15.0 Å². The molecule has 3 rings (SSSR count). The maximum Gasteiger partial charge on any atom is 0.313 e. The second-order valence-electron chi connectivity index (χ2n) is 6.30. The molecule has 2 aromatic carbocycles. The van der Waals surface area contributed by atoms with Gasteiger partial charge in [-0.15, -0.1) is 0 Å². The van der Waals surface area contributed by atoms with Crippen LogP contribution in [0, 0.1) is 6.92 Å². The molecule has 0 bridgehead atoms. The molecule has 0 aromatic heterocycles. The second kappa shape index (κ2) is 7.91. The summed E-state index contributed by atoms with van der Waals surface area (Å²) in [6.45, 7) is 4.39. The van der Waals surface area contributed by atoms with Gasteiger partial charge in [-0.2, -0.15) is 0 Å². The third kappa shape index (κ3) is 4.14. The number of piperazine rings is 1. The van der Waals surface area contributed by atoms with Crippen LogP contribution >= 0.6 is 0 Å². The summed E-state index contributed by atoms with van der Waals surface area (Å²) >= 11 is 0. The Morgan fingerprint density at radius 2 is 1.54 bits per heavy atom. The van der Waals surface area contributed by atoms with E-state index in [1.807, 2.05) is 43.3 Å². The molecule has 0 atom stereocenters. The predicted octanol–water partition coefficient (Wildman–Crippen LogP) is 2.29. The van der Waals surface area contributed by atoms with Crippen LogP contribution in [-0.2, 0) is 9.59 Å². The highest BCUT2D eigenvalue weighted by atomic mass is 16.5. The number of benzene rings is 2. The number of hydrogen-bond donors (Lipinski definition) is 1. The summed E-state index contributed by atoms with van der Waals surface area (Å²) in [7, 11) is 1.64. The Hall–Kier alpha value is -3.02. The van der Waals surface area contributed by atoms with Crippen LogP contribution in [0.2, 0.25) is 0 Å². The number of methoxy groups -OCH3 is 1. The van der Waals surface area contributed by atoms with Crippen molar-refractivity contribution in [2.24, 2.45) is 0 Å². The molecule has 1 heterocycles. The molecule has 0 unspecified atom stereocenters. The highest BCUT2D eigenvalue weighted by Gasteiger charge is 2.26. The standard InChI is InChI=1S/C20H23N3O3/c1-15-3-5-16(6-4-15)21-19(24)20(25)23-13-11-22(12-14-23)17-7-9-18(26-2)10-8-17/h3-10H,11-14H2,1-2H3,(H,21,24). The van der Waals surface area contributed by atoms with Gasteiger partial charge < -0.3 is 19.9 Å². The van der Waals surface area contributed by atoms with Gasteiger partial charge in [-0.1, -0.05) is 17.7 Å². The maximum atomic E-state index is 12.4. The van der Waals surface area contributed by atoms with Gasteiger partial charge in [0.1, 0.15) is 5.75 Å². The minimum absolute atomic E-state index is 0.486. The molecule has 136 valence electrons. The van der Waals surface area contributed by atoms with Gasteiger partial charge in [0.25, 0.3) is 0 Å². The number of amides is 2. The number of nitrogens with one attached hydrogen (secondary N) is 1. The first-order chi connectivity index (χ1) is 12.6. The summed E-state index contributed by atoms with van der Waals surface area (Å²) in [5.74, 6) is -0.262. The number of ether oxygens (including phenoxy) is 1. The van der Waals surface area contributed by atoms with E-state index in [9.17, 15) is 9.59 Å². The first kappa shape index (κ1) is 17.8. The molecule has 0 aliphatic carbocycles. The minimum atomic E-state index is -0.591. The van der Waals surface area contributed by atoms with Gasteiger partial charge in [-0.05, 0) is 43.3 Å². The van der Waals surface area contributed by atoms with Crippen molar-refractivity contribution < 1.29 is 14.3 Å². The van der Waals surface area contributed by atoms with Crippen molar-refractivity contribution in [3.8, 4) is 5.75 Å². The zero-order valence-electron chi connectivity index (χ0n) is 15.1. The van der Waals surface area contributed by atoms with Crippen LogP contribution in [0.15, 0.2) is 48.5 Å². The van der Waals surface area contributed by atoms with E-state index in [0.29, 0.717) is 31.9 Å². The lowest BCUT2D eigenvalue weighted by atomic mass is 10.2. The molecule has 2 amide bonds. The first-order valence-corrected chi connectivity index (χ1v) is 8.63. The van der Waals surface area contributed by atoms with E-state index in [1.165, 1.54) is 0 Å². The van der Waals surface area contributed by atoms with Crippen molar-refractivity contribution in [1.29, 1.82) is 0 Å². The van der Waals surface area contributed by atoms with E-state index >= 15 is 0 Å². The molecule has 0 spiro atoms. The fourth-order valence-corrected chi connectivity index (χ4v) is 2.93. The molecule has 1 fully saturated rings. The fourth-order valence-electron chi connectivity index (χ4n) is 2.93. The number of aryl methyl sites for hydroxylation is 1. The van der Waals surface area contributed by atoms with E-state index in [2.05, 4.69) is 10.2 Å². The summed E-state index contributed by atoms with van der Waals surface area (Å²) < 4.78 is 5.17. The SMILES string of the molecule is COc1ccc(N2CCN(C(=O)C(=O)Nc3ccc(C)cc3)CC2)cc1. The number of hydrogen-bond acceptors (Lipinski definition) is 4. The lowest BCUT2D eigenvalue weighted by molar-refractivity contribution is -0.143. The van der Waals surface area contributed by atoms with Crippen molar-refractivity contribution in [3.05, 3.63) is 54.1 Å². The summed E-state index contributed by atoms with van der Waals surface area (Å²) in [6, 6.07) is 15.2. The molecule has 0 radical (unpaired) electrons. The number of carbonyl (C=O) groups is 2. The molecule has 1 saturated heterocycles. The smallest absolute Gasteiger partial charge is 0.313 e. The Morgan fingerprint density at radius 3 is 2.12 bits per heavy atom. The molecular formula is C20H23N3O3. The van der Waals surface area contributed by atoms with Crippen LogP contribution in [0.3, 0.4) is 0 Å². The summed E-state index contributed by atoms with van der Waals surface area (Å²) in [5.41, 5.74) is 2.82. The van der Waals surface area contributed by atoms with Gasteiger partial charge in [0, 0.05) is 37.6 Å². The highest BCUT2D eigenvalue weighted by Crippen LogP contribution is 2.20. The molecule has 0 saturated carbocycles. The molecule has 1 N–H and O–H groups in total. The lowest BCUT2D eigenvalue weighted by Crippen LogP contribution is -2.51. The Morgan fingerprint density at radius 1 is 0.923 bits per heavy atom. The topological polar surface area (TPSA) is 61.9 Å². The largest absolute Gasteiger partial charge is 0.497 e. The average molecular weight is 353 g/mol. The van der Waals surface area contributed by atoms with E-state index in [1.54, 1.807) is 24.1 Å². The predicted molar refractivity (Wildman–Crippen MR) is 102 cm³/mol. The van der Waals surface area contributed by atoms with Crippen molar-refractivity contribution >= 4 is 23.2 Å². The van der Waals surface area contributed by atoms with E-state index in [4.69, 9.17) is 4.74 Å². The van der Waals surface area contributed by atoms with Crippen LogP contribution in [0.1, 0.15) is 5.56 Å². The fraction of sp³-hybridized carbons (Fsp3) is 0.300. The molecule has 1 aliphatic rings. The summed E-state index contributed by atoms with van der Waals surface area (Å²) in [5, 5.41) is 2.66. The Kier molecular flexibility index (Phi) is 5.41. The zero-order valence-corrected chi connectivity index (χ0v) is 15.1. The average Bonchev–Trinajstić information content (AvgIpc) is 2.69. The molecular weight excluding hydrogens is 330 g/mol.